The smallest absolute Gasteiger partial charge is 0.263 e. The van der Waals surface area contributed by atoms with Gasteiger partial charge in [-0.15, -0.1) is 17.9 Å². The Balaban J connectivity index is 1.57. The summed E-state index contributed by atoms with van der Waals surface area (Å²) in [6.07, 6.45) is 4.94. The van der Waals surface area contributed by atoms with Crippen LogP contribution in [0.4, 0.5) is 0 Å². The molecule has 0 bridgehead atoms. The number of nitrogens with zero attached hydrogens (tertiary/aromatic N) is 2. The molecule has 0 saturated carbocycles. The minimum Gasteiger partial charge on any atom is -0.493 e. The van der Waals surface area contributed by atoms with Crippen LogP contribution in [0, 0.1) is 5.92 Å². The maximum Gasteiger partial charge on any atom is 0.263 e. The predicted octanol–water partition coefficient (Wildman–Crippen LogP) is 5.70. The Morgan fingerprint density at radius 2 is 2.34 bits per heavy atom. The summed E-state index contributed by atoms with van der Waals surface area (Å²) in [6, 6.07) is 7.80. The molecule has 0 radical (unpaired) electrons. The molecule has 1 aliphatic carbocycles. The Morgan fingerprint density at radius 1 is 1.48 bits per heavy atom. The molecule has 1 aliphatic rings. The molecule has 0 fully saturated rings. The third-order valence-electron chi connectivity index (χ3n) is 5.07. The van der Waals surface area contributed by atoms with Crippen molar-refractivity contribution in [3.63, 3.8) is 0 Å². The van der Waals surface area contributed by atoms with E-state index in [4.69, 9.17) is 9.72 Å². The van der Waals surface area contributed by atoms with Gasteiger partial charge in [-0.3, -0.25) is 9.36 Å². The average molecular weight is 491 g/mol. The van der Waals surface area contributed by atoms with Crippen molar-refractivity contribution in [3.8, 4) is 5.75 Å². The van der Waals surface area contributed by atoms with Gasteiger partial charge in [0.15, 0.2) is 5.16 Å². The van der Waals surface area contributed by atoms with Crippen molar-refractivity contribution in [2.24, 2.45) is 5.92 Å². The molecule has 0 spiro atoms. The van der Waals surface area contributed by atoms with E-state index >= 15 is 0 Å². The Kier molecular flexibility index (Phi) is 6.47. The molecule has 1 atom stereocenters. The molecule has 1 unspecified atom stereocenters. The largest absolute Gasteiger partial charge is 0.493 e. The normalized spacial score (nSPS) is 16.0. The number of rotatable bonds is 7. The summed E-state index contributed by atoms with van der Waals surface area (Å²) in [5.74, 6) is 2.21. The third-order valence-corrected chi connectivity index (χ3v) is 7.65. The zero-order valence-corrected chi connectivity index (χ0v) is 19.5. The fourth-order valence-electron chi connectivity index (χ4n) is 3.65. The summed E-state index contributed by atoms with van der Waals surface area (Å²) in [5.41, 5.74) is 1.30. The number of thiophene rings is 1. The summed E-state index contributed by atoms with van der Waals surface area (Å²) in [6.45, 7) is 7.12. The molecule has 4 nitrogen and oxygen atoms in total. The van der Waals surface area contributed by atoms with Crippen LogP contribution >= 0.6 is 39.0 Å². The first-order valence-electron chi connectivity index (χ1n) is 9.74. The van der Waals surface area contributed by atoms with Gasteiger partial charge in [0.1, 0.15) is 10.6 Å². The zero-order valence-electron chi connectivity index (χ0n) is 16.3. The lowest BCUT2D eigenvalue weighted by Crippen LogP contribution is -2.23. The van der Waals surface area contributed by atoms with E-state index in [0.717, 1.165) is 44.9 Å². The number of fused-ring (bicyclic) bond motifs is 3. The van der Waals surface area contributed by atoms with Crippen molar-refractivity contribution >= 4 is 49.2 Å². The molecule has 0 amide bonds. The molecule has 152 valence electrons. The molecular formula is C22H23BrN2O2S2. The SMILES string of the molecule is C=CCn1c(SCCOc2cccc(Br)c2)nc2sc3c(c2c1=O)CCC(C)C3. The molecule has 0 N–H and O–H groups in total. The van der Waals surface area contributed by atoms with Crippen LogP contribution in [0.3, 0.4) is 0 Å². The summed E-state index contributed by atoms with van der Waals surface area (Å²) >= 11 is 6.71. The van der Waals surface area contributed by atoms with E-state index in [1.807, 2.05) is 24.3 Å². The molecule has 2 heterocycles. The van der Waals surface area contributed by atoms with Crippen LogP contribution in [0.15, 0.2) is 51.3 Å². The van der Waals surface area contributed by atoms with E-state index in [9.17, 15) is 4.79 Å². The van der Waals surface area contributed by atoms with Gasteiger partial charge in [0.25, 0.3) is 5.56 Å². The maximum atomic E-state index is 13.3. The first kappa shape index (κ1) is 20.7. The Morgan fingerprint density at radius 3 is 3.14 bits per heavy atom. The molecule has 0 aliphatic heterocycles. The van der Waals surface area contributed by atoms with Crippen molar-refractivity contribution < 1.29 is 4.74 Å². The summed E-state index contributed by atoms with van der Waals surface area (Å²) in [7, 11) is 0. The summed E-state index contributed by atoms with van der Waals surface area (Å²) < 4.78 is 8.57. The van der Waals surface area contributed by atoms with Gasteiger partial charge >= 0.3 is 0 Å². The lowest BCUT2D eigenvalue weighted by atomic mass is 9.89. The van der Waals surface area contributed by atoms with Gasteiger partial charge in [-0.05, 0) is 48.9 Å². The van der Waals surface area contributed by atoms with Crippen LogP contribution in [-0.2, 0) is 19.4 Å². The monoisotopic (exact) mass is 490 g/mol. The lowest BCUT2D eigenvalue weighted by Gasteiger charge is -2.17. The highest BCUT2D eigenvalue weighted by molar-refractivity contribution is 9.10. The fourth-order valence-corrected chi connectivity index (χ4v) is 6.28. The summed E-state index contributed by atoms with van der Waals surface area (Å²) in [4.78, 5) is 20.4. The topological polar surface area (TPSA) is 44.1 Å². The molecule has 2 aromatic heterocycles. The van der Waals surface area contributed by atoms with Crippen LogP contribution in [0.1, 0.15) is 23.8 Å². The average Bonchev–Trinajstić information content (AvgIpc) is 3.05. The number of ether oxygens (including phenoxy) is 1. The van der Waals surface area contributed by atoms with E-state index in [1.54, 1.807) is 33.7 Å². The standard InChI is InChI=1S/C22H23BrN2O2S2/c1-3-9-25-21(26)19-17-8-7-14(2)12-18(17)29-20(19)24-22(25)28-11-10-27-16-6-4-5-15(23)13-16/h3-6,13-14H,1,7-12H2,2H3. The van der Waals surface area contributed by atoms with Crippen LogP contribution in [0.25, 0.3) is 10.2 Å². The Hall–Kier alpha value is -1.57. The van der Waals surface area contributed by atoms with Gasteiger partial charge in [0.2, 0.25) is 0 Å². The number of allylic oxidation sites excluding steroid dienone is 1. The number of thioether (sulfide) groups is 1. The highest BCUT2D eigenvalue weighted by atomic mass is 79.9. The Labute approximate surface area is 187 Å². The molecule has 4 rings (SSSR count). The second-order valence-electron chi connectivity index (χ2n) is 7.29. The van der Waals surface area contributed by atoms with Crippen LogP contribution < -0.4 is 10.3 Å². The Bertz CT molecular complexity index is 1110. The van der Waals surface area contributed by atoms with E-state index in [1.165, 1.54) is 10.4 Å². The van der Waals surface area contributed by atoms with Crippen molar-refractivity contribution in [1.29, 1.82) is 0 Å². The first-order valence-corrected chi connectivity index (χ1v) is 12.3. The number of hydrogen-bond acceptors (Lipinski definition) is 5. The molecule has 1 aromatic carbocycles. The third kappa shape index (κ3) is 4.47. The van der Waals surface area contributed by atoms with E-state index < -0.39 is 0 Å². The van der Waals surface area contributed by atoms with Crippen molar-refractivity contribution in [2.45, 2.75) is 37.9 Å². The second-order valence-corrected chi connectivity index (χ2v) is 10.3. The van der Waals surface area contributed by atoms with E-state index in [2.05, 4.69) is 29.4 Å². The second kappa shape index (κ2) is 9.06. The van der Waals surface area contributed by atoms with Gasteiger partial charge in [0, 0.05) is 21.6 Å². The fraction of sp³-hybridized carbons (Fsp3) is 0.364. The number of hydrogen-bond donors (Lipinski definition) is 0. The number of aromatic nitrogens is 2. The highest BCUT2D eigenvalue weighted by Gasteiger charge is 2.24. The summed E-state index contributed by atoms with van der Waals surface area (Å²) in [5, 5.41) is 1.57. The van der Waals surface area contributed by atoms with Gasteiger partial charge in [-0.25, -0.2) is 4.98 Å². The predicted molar refractivity (Wildman–Crippen MR) is 126 cm³/mol. The number of halogens is 1. The van der Waals surface area contributed by atoms with Gasteiger partial charge < -0.3 is 4.74 Å². The first-order chi connectivity index (χ1) is 14.1. The van der Waals surface area contributed by atoms with Crippen molar-refractivity contribution in [1.82, 2.24) is 9.55 Å². The maximum absolute atomic E-state index is 13.3. The lowest BCUT2D eigenvalue weighted by molar-refractivity contribution is 0.343. The molecule has 29 heavy (non-hydrogen) atoms. The van der Waals surface area contributed by atoms with Gasteiger partial charge in [-0.1, -0.05) is 46.8 Å². The van der Waals surface area contributed by atoms with Crippen LogP contribution in [0.2, 0.25) is 0 Å². The quantitative estimate of drug-likeness (QED) is 0.184. The molecule has 0 saturated heterocycles. The molecule has 3 aromatic rings. The number of aryl methyl sites for hydroxylation is 1. The zero-order chi connectivity index (χ0) is 20.4. The van der Waals surface area contributed by atoms with E-state index in [0.29, 0.717) is 24.8 Å². The minimum atomic E-state index is 0.0670. The van der Waals surface area contributed by atoms with Crippen LogP contribution in [-0.4, -0.2) is 21.9 Å². The highest BCUT2D eigenvalue weighted by Crippen LogP contribution is 2.36. The minimum absolute atomic E-state index is 0.0670. The molecule has 7 heteroatoms. The van der Waals surface area contributed by atoms with E-state index in [-0.39, 0.29) is 5.56 Å². The van der Waals surface area contributed by atoms with Gasteiger partial charge in [-0.2, -0.15) is 0 Å². The number of benzene rings is 1. The van der Waals surface area contributed by atoms with Crippen LogP contribution in [0.5, 0.6) is 5.75 Å². The molecular weight excluding hydrogens is 468 g/mol. The van der Waals surface area contributed by atoms with Gasteiger partial charge in [0.05, 0.1) is 12.0 Å². The van der Waals surface area contributed by atoms with Crippen molar-refractivity contribution in [2.75, 3.05) is 12.4 Å². The van der Waals surface area contributed by atoms with Crippen molar-refractivity contribution in [3.05, 3.63) is 62.2 Å².